The van der Waals surface area contributed by atoms with E-state index in [0.29, 0.717) is 30.2 Å². The van der Waals surface area contributed by atoms with Gasteiger partial charge in [0.15, 0.2) is 0 Å². The Kier molecular flexibility index (Phi) is 10.1. The molecule has 6 heteroatoms. The number of para-hydroxylation sites is 2. The van der Waals surface area contributed by atoms with Gasteiger partial charge in [-0.15, -0.1) is 0 Å². The second kappa shape index (κ2) is 13.1. The van der Waals surface area contributed by atoms with Crippen molar-refractivity contribution < 1.29 is 23.8 Å². The van der Waals surface area contributed by atoms with Gasteiger partial charge in [0, 0.05) is 0 Å². The molecule has 1 atom stereocenters. The van der Waals surface area contributed by atoms with Gasteiger partial charge in [-0.25, -0.2) is 9.64 Å². The van der Waals surface area contributed by atoms with Crippen LogP contribution in [0.2, 0.25) is 0 Å². The minimum absolute atomic E-state index is 0.0313. The molecule has 1 unspecified atom stereocenters. The first kappa shape index (κ1) is 23.9. The minimum atomic E-state index is -0.517. The Morgan fingerprint density at radius 2 is 1.65 bits per heavy atom. The highest BCUT2D eigenvalue weighted by molar-refractivity contribution is 5.92. The maximum atomic E-state index is 12.3. The van der Waals surface area contributed by atoms with Gasteiger partial charge < -0.3 is 14.2 Å². The largest absolute Gasteiger partial charge is 0.494 e. The summed E-state index contributed by atoms with van der Waals surface area (Å²) in [6, 6.07) is 13.4. The monoisotopic (exact) mass is 423 g/mol. The SMILES string of the molecule is [C-]#[N+]c1ccccc1OC(=O)c1ccc(OCCCCCCOC(=O)C(C)CC)cc1. The number of hydrogen-bond donors (Lipinski definition) is 0. The summed E-state index contributed by atoms with van der Waals surface area (Å²) in [5.74, 6) is 0.264. The Morgan fingerprint density at radius 1 is 0.968 bits per heavy atom. The molecule has 0 aliphatic rings. The van der Waals surface area contributed by atoms with E-state index in [2.05, 4.69) is 4.85 Å². The summed E-state index contributed by atoms with van der Waals surface area (Å²) in [6.07, 6.45) is 4.53. The quantitative estimate of drug-likeness (QED) is 0.182. The van der Waals surface area contributed by atoms with Gasteiger partial charge in [-0.05, 0) is 62.4 Å². The number of unbranched alkanes of at least 4 members (excludes halogenated alkanes) is 3. The van der Waals surface area contributed by atoms with Crippen molar-refractivity contribution >= 4 is 17.6 Å². The van der Waals surface area contributed by atoms with Crippen molar-refractivity contribution in [2.24, 2.45) is 5.92 Å². The van der Waals surface area contributed by atoms with Crippen LogP contribution in [0.1, 0.15) is 56.3 Å². The Bertz CT molecular complexity index is 886. The van der Waals surface area contributed by atoms with Crippen LogP contribution in [0, 0.1) is 12.5 Å². The molecular formula is C25H29NO5. The number of ether oxygens (including phenoxy) is 3. The van der Waals surface area contributed by atoms with Crippen LogP contribution in [-0.4, -0.2) is 25.2 Å². The molecule has 0 fully saturated rings. The first-order valence-corrected chi connectivity index (χ1v) is 10.6. The second-order valence-electron chi connectivity index (χ2n) is 7.23. The van der Waals surface area contributed by atoms with Crippen molar-refractivity contribution in [2.45, 2.75) is 46.0 Å². The molecule has 2 aromatic rings. The van der Waals surface area contributed by atoms with Crippen LogP contribution in [0.25, 0.3) is 4.85 Å². The van der Waals surface area contributed by atoms with E-state index in [9.17, 15) is 9.59 Å². The van der Waals surface area contributed by atoms with Crippen LogP contribution in [0.3, 0.4) is 0 Å². The van der Waals surface area contributed by atoms with Crippen LogP contribution in [0.4, 0.5) is 5.69 Å². The van der Waals surface area contributed by atoms with Crippen LogP contribution in [0.15, 0.2) is 48.5 Å². The second-order valence-corrected chi connectivity index (χ2v) is 7.23. The summed E-state index contributed by atoms with van der Waals surface area (Å²) < 4.78 is 16.3. The van der Waals surface area contributed by atoms with Crippen molar-refractivity contribution in [3.8, 4) is 11.5 Å². The normalized spacial score (nSPS) is 11.3. The summed E-state index contributed by atoms with van der Waals surface area (Å²) in [5, 5.41) is 0. The van der Waals surface area contributed by atoms with Crippen molar-refractivity contribution in [1.82, 2.24) is 0 Å². The molecule has 0 aromatic heterocycles. The molecule has 2 aromatic carbocycles. The molecule has 0 bridgehead atoms. The standard InChI is InChI=1S/C25H29NO5/c1-4-19(2)24(27)30-18-10-6-5-9-17-29-21-15-13-20(14-16-21)25(28)31-23-12-8-7-11-22(23)26-3/h7-8,11-16,19H,4-6,9-10,17-18H2,1-2H3. The van der Waals surface area contributed by atoms with Crippen LogP contribution in [0.5, 0.6) is 11.5 Å². The summed E-state index contributed by atoms with van der Waals surface area (Å²) in [6.45, 7) is 12.0. The molecule has 0 amide bonds. The topological polar surface area (TPSA) is 66.2 Å². The van der Waals surface area contributed by atoms with E-state index >= 15 is 0 Å². The van der Waals surface area contributed by atoms with Crippen molar-refractivity contribution in [3.63, 3.8) is 0 Å². The highest BCUT2D eigenvalue weighted by atomic mass is 16.5. The van der Waals surface area contributed by atoms with Gasteiger partial charge in [0.2, 0.25) is 5.69 Å². The average Bonchev–Trinajstić information content (AvgIpc) is 2.80. The van der Waals surface area contributed by atoms with E-state index in [1.807, 2.05) is 13.8 Å². The highest BCUT2D eigenvalue weighted by Gasteiger charge is 2.12. The molecule has 164 valence electrons. The maximum Gasteiger partial charge on any atom is 0.342 e. The fourth-order valence-corrected chi connectivity index (χ4v) is 2.71. The predicted molar refractivity (Wildman–Crippen MR) is 118 cm³/mol. The van der Waals surface area contributed by atoms with Gasteiger partial charge >= 0.3 is 11.9 Å². The summed E-state index contributed by atoms with van der Waals surface area (Å²) in [5.41, 5.74) is 0.684. The van der Waals surface area contributed by atoms with E-state index in [1.165, 1.54) is 0 Å². The maximum absolute atomic E-state index is 12.3. The summed E-state index contributed by atoms with van der Waals surface area (Å²) in [7, 11) is 0. The van der Waals surface area contributed by atoms with Crippen molar-refractivity contribution in [1.29, 1.82) is 0 Å². The first-order valence-electron chi connectivity index (χ1n) is 10.6. The summed E-state index contributed by atoms with van der Waals surface area (Å²) in [4.78, 5) is 27.2. The van der Waals surface area contributed by atoms with Gasteiger partial charge in [0.05, 0.1) is 31.3 Å². The number of hydrogen-bond acceptors (Lipinski definition) is 5. The molecule has 0 saturated heterocycles. The number of esters is 2. The zero-order chi connectivity index (χ0) is 22.5. The van der Waals surface area contributed by atoms with Crippen molar-refractivity contribution in [2.75, 3.05) is 13.2 Å². The van der Waals surface area contributed by atoms with Gasteiger partial charge in [0.25, 0.3) is 0 Å². The first-order chi connectivity index (χ1) is 15.0. The third-order valence-electron chi connectivity index (χ3n) is 4.84. The minimum Gasteiger partial charge on any atom is -0.494 e. The predicted octanol–water partition coefficient (Wildman–Crippen LogP) is 5.99. The number of rotatable bonds is 12. The third-order valence-corrected chi connectivity index (χ3v) is 4.84. The molecule has 6 nitrogen and oxygen atoms in total. The molecule has 0 aliphatic heterocycles. The van der Waals surface area contributed by atoms with E-state index in [0.717, 1.165) is 32.1 Å². The zero-order valence-electron chi connectivity index (χ0n) is 18.1. The lowest BCUT2D eigenvalue weighted by Crippen LogP contribution is -2.14. The Balaban J connectivity index is 1.65. The molecule has 0 heterocycles. The van der Waals surface area contributed by atoms with Gasteiger partial charge in [0.1, 0.15) is 11.5 Å². The van der Waals surface area contributed by atoms with Gasteiger partial charge in [-0.2, -0.15) is 0 Å². The van der Waals surface area contributed by atoms with E-state index < -0.39 is 5.97 Å². The molecule has 31 heavy (non-hydrogen) atoms. The third kappa shape index (κ3) is 8.13. The lowest BCUT2D eigenvalue weighted by molar-refractivity contribution is -0.148. The lowest BCUT2D eigenvalue weighted by Gasteiger charge is -2.09. The van der Waals surface area contributed by atoms with Crippen molar-refractivity contribution in [3.05, 3.63) is 65.5 Å². The molecule has 0 saturated carbocycles. The Morgan fingerprint density at radius 3 is 2.32 bits per heavy atom. The number of carbonyl (C=O) groups excluding carboxylic acids is 2. The van der Waals surface area contributed by atoms with Crippen LogP contribution >= 0.6 is 0 Å². The Labute approximate surface area is 183 Å². The van der Waals surface area contributed by atoms with Gasteiger partial charge in [-0.1, -0.05) is 32.0 Å². The molecular weight excluding hydrogens is 394 g/mol. The molecule has 0 aliphatic carbocycles. The number of nitrogens with zero attached hydrogens (tertiary/aromatic N) is 1. The fourth-order valence-electron chi connectivity index (χ4n) is 2.71. The van der Waals surface area contributed by atoms with Gasteiger partial charge in [-0.3, -0.25) is 4.79 Å². The number of carbonyl (C=O) groups is 2. The van der Waals surface area contributed by atoms with E-state index in [-0.39, 0.29) is 17.6 Å². The Hall–Kier alpha value is -3.33. The highest BCUT2D eigenvalue weighted by Crippen LogP contribution is 2.27. The number of benzene rings is 2. The van der Waals surface area contributed by atoms with Crippen LogP contribution in [-0.2, 0) is 9.53 Å². The van der Waals surface area contributed by atoms with Crippen LogP contribution < -0.4 is 9.47 Å². The summed E-state index contributed by atoms with van der Waals surface area (Å²) >= 11 is 0. The molecule has 0 N–H and O–H groups in total. The fraction of sp³-hybridized carbons (Fsp3) is 0.400. The lowest BCUT2D eigenvalue weighted by atomic mass is 10.1. The van der Waals surface area contributed by atoms with E-state index in [1.54, 1.807) is 48.5 Å². The zero-order valence-corrected chi connectivity index (χ0v) is 18.1. The molecule has 0 radical (unpaired) electrons. The molecule has 0 spiro atoms. The average molecular weight is 424 g/mol. The smallest absolute Gasteiger partial charge is 0.342 e. The van der Waals surface area contributed by atoms with E-state index in [4.69, 9.17) is 20.8 Å². The molecule has 2 rings (SSSR count).